The summed E-state index contributed by atoms with van der Waals surface area (Å²) < 4.78 is 17.4. The molecule has 0 saturated carbocycles. The summed E-state index contributed by atoms with van der Waals surface area (Å²) in [5.74, 6) is 1.83. The van der Waals surface area contributed by atoms with Crippen LogP contribution in [-0.2, 0) is 11.4 Å². The summed E-state index contributed by atoms with van der Waals surface area (Å²) in [4.78, 5) is 19.2. The van der Waals surface area contributed by atoms with Crippen molar-refractivity contribution in [3.05, 3.63) is 77.6 Å². The van der Waals surface area contributed by atoms with E-state index >= 15 is 0 Å². The molecule has 0 saturated heterocycles. The number of anilines is 1. The molecule has 156 valence electrons. The van der Waals surface area contributed by atoms with Crippen LogP contribution in [0.1, 0.15) is 5.56 Å². The number of nitrogens with zero attached hydrogens (tertiary/aromatic N) is 2. The van der Waals surface area contributed by atoms with Gasteiger partial charge in [-0.15, -0.1) is 0 Å². The van der Waals surface area contributed by atoms with Gasteiger partial charge < -0.3 is 19.5 Å². The predicted octanol–water partition coefficient (Wildman–Crippen LogP) is 5.23. The molecule has 0 aliphatic rings. The van der Waals surface area contributed by atoms with Crippen molar-refractivity contribution in [1.29, 1.82) is 0 Å². The molecule has 0 aliphatic carbocycles. The predicted molar refractivity (Wildman–Crippen MR) is 118 cm³/mol. The van der Waals surface area contributed by atoms with Crippen LogP contribution in [0, 0.1) is 0 Å². The molecule has 7 nitrogen and oxygen atoms in total. The normalized spacial score (nSPS) is 10.5. The van der Waals surface area contributed by atoms with Crippen molar-refractivity contribution in [3.63, 3.8) is 0 Å². The van der Waals surface area contributed by atoms with E-state index in [1.165, 1.54) is 6.20 Å². The third-order valence-corrected chi connectivity index (χ3v) is 4.73. The van der Waals surface area contributed by atoms with Crippen molar-refractivity contribution in [3.8, 4) is 23.1 Å². The highest BCUT2D eigenvalue weighted by Crippen LogP contribution is 2.38. The fourth-order valence-corrected chi connectivity index (χ4v) is 3.18. The number of rotatable bonds is 8. The van der Waals surface area contributed by atoms with E-state index in [4.69, 9.17) is 25.8 Å². The third-order valence-electron chi connectivity index (χ3n) is 4.46. The molecule has 2 heterocycles. The average molecular weight is 436 g/mol. The molecule has 0 unspecified atom stereocenters. The lowest BCUT2D eigenvalue weighted by Crippen LogP contribution is -1.99. The van der Waals surface area contributed by atoms with Crippen LogP contribution in [0.25, 0.3) is 10.9 Å². The van der Waals surface area contributed by atoms with Crippen molar-refractivity contribution in [2.45, 2.75) is 6.61 Å². The van der Waals surface area contributed by atoms with E-state index in [1.807, 2.05) is 30.3 Å². The first-order valence-corrected chi connectivity index (χ1v) is 9.73. The Morgan fingerprint density at radius 2 is 1.87 bits per heavy atom. The zero-order valence-corrected chi connectivity index (χ0v) is 17.3. The standard InChI is InChI=1S/C23H18ClN3O4/c1-29-21-10-17-19(11-22(21)30-13-15-5-3-2-4-6-15)25-8-7-20(17)31-23-18(24)9-16(12-26-23)27-14-28/h2-12,14H,13H2,1H3,(H,27,28). The van der Waals surface area contributed by atoms with Crippen molar-refractivity contribution < 1.29 is 19.0 Å². The maximum absolute atomic E-state index is 10.6. The first-order chi connectivity index (χ1) is 15.2. The number of methoxy groups -OCH3 is 1. The molecule has 31 heavy (non-hydrogen) atoms. The van der Waals surface area contributed by atoms with Crippen molar-refractivity contribution in [1.82, 2.24) is 9.97 Å². The van der Waals surface area contributed by atoms with Gasteiger partial charge in [0.05, 0.1) is 24.5 Å². The van der Waals surface area contributed by atoms with E-state index in [0.29, 0.717) is 46.9 Å². The largest absolute Gasteiger partial charge is 0.493 e. The topological polar surface area (TPSA) is 82.6 Å². The lowest BCUT2D eigenvalue weighted by Gasteiger charge is -2.14. The minimum atomic E-state index is 0.203. The fourth-order valence-electron chi connectivity index (χ4n) is 2.98. The Balaban J connectivity index is 1.64. The molecule has 0 bridgehead atoms. The number of carbonyl (C=O) groups excluding carboxylic acids is 1. The van der Waals surface area contributed by atoms with Gasteiger partial charge in [0.2, 0.25) is 12.3 Å². The third kappa shape index (κ3) is 4.67. The number of benzene rings is 2. The summed E-state index contributed by atoms with van der Waals surface area (Å²) >= 11 is 6.25. The highest BCUT2D eigenvalue weighted by atomic mass is 35.5. The highest BCUT2D eigenvalue weighted by molar-refractivity contribution is 6.32. The molecule has 4 rings (SSSR count). The summed E-state index contributed by atoms with van der Waals surface area (Å²) in [5.41, 5.74) is 2.17. The number of hydrogen-bond acceptors (Lipinski definition) is 6. The number of pyridine rings is 2. The van der Waals surface area contributed by atoms with Gasteiger partial charge in [-0.05, 0) is 23.8 Å². The smallest absolute Gasteiger partial charge is 0.238 e. The average Bonchev–Trinajstić information content (AvgIpc) is 2.80. The molecule has 2 aromatic carbocycles. The number of hydrogen-bond donors (Lipinski definition) is 1. The van der Waals surface area contributed by atoms with E-state index in [0.717, 1.165) is 5.56 Å². The molecule has 0 spiro atoms. The lowest BCUT2D eigenvalue weighted by molar-refractivity contribution is -0.105. The molecule has 0 aliphatic heterocycles. The number of amides is 1. The number of aromatic nitrogens is 2. The Morgan fingerprint density at radius 3 is 2.61 bits per heavy atom. The van der Waals surface area contributed by atoms with Crippen LogP contribution in [0.5, 0.6) is 23.1 Å². The second-order valence-corrected chi connectivity index (χ2v) is 6.89. The number of fused-ring (bicyclic) bond motifs is 1. The Kier molecular flexibility index (Phi) is 6.14. The Hall–Kier alpha value is -3.84. The molecular weight excluding hydrogens is 418 g/mol. The first kappa shape index (κ1) is 20.4. The van der Waals surface area contributed by atoms with Gasteiger partial charge in [0, 0.05) is 17.6 Å². The van der Waals surface area contributed by atoms with Crippen LogP contribution in [0.3, 0.4) is 0 Å². The summed E-state index contributed by atoms with van der Waals surface area (Å²) in [5, 5.41) is 3.45. The molecular formula is C23H18ClN3O4. The number of carbonyl (C=O) groups is 1. The van der Waals surface area contributed by atoms with Crippen LogP contribution in [0.15, 0.2) is 67.0 Å². The number of ether oxygens (including phenoxy) is 3. The van der Waals surface area contributed by atoms with Crippen LogP contribution in [-0.4, -0.2) is 23.5 Å². The summed E-state index contributed by atoms with van der Waals surface area (Å²) in [7, 11) is 1.57. The Bertz CT molecular complexity index is 1220. The molecule has 4 aromatic rings. The molecule has 1 amide bonds. The quantitative estimate of drug-likeness (QED) is 0.381. The second kappa shape index (κ2) is 9.32. The van der Waals surface area contributed by atoms with E-state index in [9.17, 15) is 4.79 Å². The summed E-state index contributed by atoms with van der Waals surface area (Å²) in [6.45, 7) is 0.402. The van der Waals surface area contributed by atoms with Gasteiger partial charge in [0.15, 0.2) is 11.5 Å². The zero-order chi connectivity index (χ0) is 21.6. The minimum Gasteiger partial charge on any atom is -0.493 e. The first-order valence-electron chi connectivity index (χ1n) is 9.35. The van der Waals surface area contributed by atoms with Crippen LogP contribution in [0.2, 0.25) is 5.02 Å². The summed E-state index contributed by atoms with van der Waals surface area (Å²) in [6, 6.07) is 16.7. The van der Waals surface area contributed by atoms with E-state index in [2.05, 4.69) is 15.3 Å². The molecule has 0 radical (unpaired) electrons. The van der Waals surface area contributed by atoms with E-state index in [-0.39, 0.29) is 10.9 Å². The van der Waals surface area contributed by atoms with Gasteiger partial charge >= 0.3 is 0 Å². The van der Waals surface area contributed by atoms with Gasteiger partial charge in [0.1, 0.15) is 17.4 Å². The van der Waals surface area contributed by atoms with Gasteiger partial charge in [0.25, 0.3) is 0 Å². The van der Waals surface area contributed by atoms with Crippen LogP contribution >= 0.6 is 11.6 Å². The monoisotopic (exact) mass is 435 g/mol. The van der Waals surface area contributed by atoms with Gasteiger partial charge in [-0.25, -0.2) is 4.98 Å². The molecule has 8 heteroatoms. The minimum absolute atomic E-state index is 0.203. The highest BCUT2D eigenvalue weighted by Gasteiger charge is 2.14. The van der Waals surface area contributed by atoms with Gasteiger partial charge in [-0.2, -0.15) is 0 Å². The zero-order valence-electron chi connectivity index (χ0n) is 16.5. The van der Waals surface area contributed by atoms with Gasteiger partial charge in [-0.3, -0.25) is 9.78 Å². The fraction of sp³-hybridized carbons (Fsp3) is 0.0870. The number of nitrogens with one attached hydrogen (secondary N) is 1. The molecule has 1 N–H and O–H groups in total. The van der Waals surface area contributed by atoms with E-state index < -0.39 is 0 Å². The maximum atomic E-state index is 10.6. The summed E-state index contributed by atoms with van der Waals surface area (Å²) in [6.07, 6.45) is 3.63. The molecule has 0 fully saturated rings. The Morgan fingerprint density at radius 1 is 1.03 bits per heavy atom. The second-order valence-electron chi connectivity index (χ2n) is 6.48. The van der Waals surface area contributed by atoms with Crippen molar-refractivity contribution >= 4 is 34.6 Å². The van der Waals surface area contributed by atoms with Crippen molar-refractivity contribution in [2.24, 2.45) is 0 Å². The van der Waals surface area contributed by atoms with Crippen LogP contribution in [0.4, 0.5) is 5.69 Å². The molecule has 2 aromatic heterocycles. The van der Waals surface area contributed by atoms with Gasteiger partial charge in [-0.1, -0.05) is 41.9 Å². The Labute approximate surface area is 183 Å². The van der Waals surface area contributed by atoms with Crippen LogP contribution < -0.4 is 19.5 Å². The molecule has 0 atom stereocenters. The SMILES string of the molecule is COc1cc2c(Oc3ncc(NC=O)cc3Cl)ccnc2cc1OCc1ccccc1. The van der Waals surface area contributed by atoms with Crippen molar-refractivity contribution in [2.75, 3.05) is 12.4 Å². The maximum Gasteiger partial charge on any atom is 0.238 e. The lowest BCUT2D eigenvalue weighted by atomic mass is 10.1. The van der Waals surface area contributed by atoms with E-state index in [1.54, 1.807) is 37.6 Å². The number of halogens is 1.